The summed E-state index contributed by atoms with van der Waals surface area (Å²) in [4.78, 5) is 39.4. The van der Waals surface area contributed by atoms with Crippen LogP contribution in [0.25, 0.3) is 11.1 Å². The first-order valence-corrected chi connectivity index (χ1v) is 10.9. The van der Waals surface area contributed by atoms with E-state index in [4.69, 9.17) is 5.73 Å². The highest BCUT2D eigenvalue weighted by atomic mass is 16.2. The molecule has 0 radical (unpaired) electrons. The molecule has 6 nitrogen and oxygen atoms in total. The number of likely N-dealkylation sites (N-methyl/N-ethyl adjacent to an activating group) is 2. The number of carbonyl (C=O) groups is 3. The van der Waals surface area contributed by atoms with E-state index in [1.54, 1.807) is 7.05 Å². The van der Waals surface area contributed by atoms with Gasteiger partial charge in [0, 0.05) is 20.5 Å². The fourth-order valence-corrected chi connectivity index (χ4v) is 3.82. The van der Waals surface area contributed by atoms with Crippen molar-refractivity contribution >= 4 is 17.7 Å². The van der Waals surface area contributed by atoms with Crippen LogP contribution in [-0.4, -0.2) is 42.8 Å². The van der Waals surface area contributed by atoms with E-state index in [0.29, 0.717) is 6.42 Å². The highest BCUT2D eigenvalue weighted by Crippen LogP contribution is 2.21. The molecule has 3 rings (SSSR count). The van der Waals surface area contributed by atoms with Crippen molar-refractivity contribution in [3.05, 3.63) is 96.1 Å². The highest BCUT2D eigenvalue weighted by molar-refractivity contribution is 6.01. The average molecular weight is 444 g/mol. The maximum absolute atomic E-state index is 13.3. The lowest BCUT2D eigenvalue weighted by molar-refractivity contribution is -0.145. The molecular weight excluding hydrogens is 414 g/mol. The standard InChI is InChI=1S/C27H29N3O3/c1-29-26(32)24(18-19-9-5-3-6-10-19)30(2)27(33)23(25(28)31)17-20-13-15-22(16-14-20)21-11-7-4-8-12-21/h3-16,23-24H,17-18H2,1-2H3,(H2,28,31)(H,29,32)/t23-,24-/m1/s1. The zero-order chi connectivity index (χ0) is 23.8. The van der Waals surface area contributed by atoms with Crippen molar-refractivity contribution in [2.45, 2.75) is 18.9 Å². The normalized spacial score (nSPS) is 12.4. The third-order valence-corrected chi connectivity index (χ3v) is 5.78. The Morgan fingerprint density at radius 3 is 1.85 bits per heavy atom. The van der Waals surface area contributed by atoms with Gasteiger partial charge in [-0.3, -0.25) is 14.4 Å². The second-order valence-electron chi connectivity index (χ2n) is 7.99. The number of benzene rings is 3. The largest absolute Gasteiger partial charge is 0.369 e. The fourth-order valence-electron chi connectivity index (χ4n) is 3.82. The third kappa shape index (κ3) is 6.07. The Morgan fingerprint density at radius 2 is 1.30 bits per heavy atom. The van der Waals surface area contributed by atoms with Crippen molar-refractivity contribution in [2.24, 2.45) is 11.7 Å². The molecule has 170 valence electrons. The number of carbonyl (C=O) groups excluding carboxylic acids is 3. The molecule has 0 aliphatic heterocycles. The Hall–Kier alpha value is -3.93. The number of nitrogens with one attached hydrogen (secondary N) is 1. The predicted molar refractivity (Wildman–Crippen MR) is 129 cm³/mol. The summed E-state index contributed by atoms with van der Waals surface area (Å²) < 4.78 is 0. The molecule has 33 heavy (non-hydrogen) atoms. The Balaban J connectivity index is 1.77. The first kappa shape index (κ1) is 23.7. The van der Waals surface area contributed by atoms with Gasteiger partial charge in [-0.1, -0.05) is 84.9 Å². The molecule has 3 aromatic carbocycles. The Morgan fingerprint density at radius 1 is 0.788 bits per heavy atom. The zero-order valence-electron chi connectivity index (χ0n) is 18.9. The first-order chi connectivity index (χ1) is 15.9. The summed E-state index contributed by atoms with van der Waals surface area (Å²) >= 11 is 0. The summed E-state index contributed by atoms with van der Waals surface area (Å²) in [6, 6.07) is 26.3. The van der Waals surface area contributed by atoms with Crippen LogP contribution >= 0.6 is 0 Å². The summed E-state index contributed by atoms with van der Waals surface area (Å²) in [6.45, 7) is 0. The number of nitrogens with two attached hydrogens (primary N) is 1. The van der Waals surface area contributed by atoms with Crippen LogP contribution in [0.2, 0.25) is 0 Å². The van der Waals surface area contributed by atoms with Crippen LogP contribution in [0.15, 0.2) is 84.9 Å². The minimum absolute atomic E-state index is 0.166. The van der Waals surface area contributed by atoms with E-state index in [-0.39, 0.29) is 12.3 Å². The van der Waals surface area contributed by atoms with Gasteiger partial charge in [0.1, 0.15) is 12.0 Å². The van der Waals surface area contributed by atoms with Gasteiger partial charge in [-0.05, 0) is 28.7 Å². The summed E-state index contributed by atoms with van der Waals surface area (Å²) in [5.74, 6) is -2.56. The third-order valence-electron chi connectivity index (χ3n) is 5.78. The SMILES string of the molecule is CNC(=O)[C@@H](Cc1ccccc1)N(C)C(=O)[C@H](Cc1ccc(-c2ccccc2)cc1)C(N)=O. The van der Waals surface area contributed by atoms with Gasteiger partial charge in [0.25, 0.3) is 0 Å². The number of hydrogen-bond donors (Lipinski definition) is 2. The van der Waals surface area contributed by atoms with E-state index in [1.165, 1.54) is 11.9 Å². The van der Waals surface area contributed by atoms with E-state index in [1.807, 2.05) is 84.9 Å². The Kier molecular flexibility index (Phi) is 7.97. The minimum Gasteiger partial charge on any atom is -0.369 e. The summed E-state index contributed by atoms with van der Waals surface area (Å²) in [7, 11) is 3.07. The monoisotopic (exact) mass is 443 g/mol. The van der Waals surface area contributed by atoms with Crippen LogP contribution in [0.3, 0.4) is 0 Å². The van der Waals surface area contributed by atoms with E-state index in [9.17, 15) is 14.4 Å². The zero-order valence-corrected chi connectivity index (χ0v) is 18.9. The molecule has 0 aliphatic rings. The van der Waals surface area contributed by atoms with Crippen molar-refractivity contribution in [3.63, 3.8) is 0 Å². The maximum atomic E-state index is 13.3. The van der Waals surface area contributed by atoms with E-state index >= 15 is 0 Å². The van der Waals surface area contributed by atoms with Crippen LogP contribution in [-0.2, 0) is 27.2 Å². The lowest BCUT2D eigenvalue weighted by Crippen LogP contribution is -2.52. The molecule has 3 aromatic rings. The molecule has 0 heterocycles. The van der Waals surface area contributed by atoms with E-state index in [0.717, 1.165) is 22.3 Å². The molecule has 6 heteroatoms. The van der Waals surface area contributed by atoms with Crippen LogP contribution in [0.1, 0.15) is 11.1 Å². The van der Waals surface area contributed by atoms with Gasteiger partial charge in [0.15, 0.2) is 0 Å². The van der Waals surface area contributed by atoms with Gasteiger partial charge in [-0.2, -0.15) is 0 Å². The van der Waals surface area contributed by atoms with Gasteiger partial charge >= 0.3 is 0 Å². The second-order valence-corrected chi connectivity index (χ2v) is 7.99. The molecule has 0 aromatic heterocycles. The summed E-state index contributed by atoms with van der Waals surface area (Å²) in [5, 5.41) is 2.61. The number of rotatable bonds is 9. The lowest BCUT2D eigenvalue weighted by Gasteiger charge is -2.29. The average Bonchev–Trinajstić information content (AvgIpc) is 2.86. The molecule has 3 amide bonds. The van der Waals surface area contributed by atoms with Gasteiger partial charge < -0.3 is 16.0 Å². The van der Waals surface area contributed by atoms with Gasteiger partial charge in [0.05, 0.1) is 0 Å². The van der Waals surface area contributed by atoms with Crippen molar-refractivity contribution in [2.75, 3.05) is 14.1 Å². The quantitative estimate of drug-likeness (QED) is 0.498. The van der Waals surface area contributed by atoms with Crippen LogP contribution in [0.5, 0.6) is 0 Å². The van der Waals surface area contributed by atoms with Crippen molar-refractivity contribution < 1.29 is 14.4 Å². The highest BCUT2D eigenvalue weighted by Gasteiger charge is 2.33. The molecular formula is C27H29N3O3. The Bertz CT molecular complexity index is 1080. The van der Waals surface area contributed by atoms with Crippen LogP contribution in [0, 0.1) is 5.92 Å². The smallest absolute Gasteiger partial charge is 0.242 e. The van der Waals surface area contributed by atoms with Crippen molar-refractivity contribution in [1.29, 1.82) is 0 Å². The summed E-state index contributed by atoms with van der Waals surface area (Å²) in [6.07, 6.45) is 0.499. The minimum atomic E-state index is -1.07. The topological polar surface area (TPSA) is 92.5 Å². The fraction of sp³-hybridized carbons (Fsp3) is 0.222. The number of hydrogen-bond acceptors (Lipinski definition) is 3. The van der Waals surface area contributed by atoms with Gasteiger partial charge in [-0.15, -0.1) is 0 Å². The summed E-state index contributed by atoms with van der Waals surface area (Å²) in [5.41, 5.74) is 9.48. The van der Waals surface area contributed by atoms with Crippen molar-refractivity contribution in [3.8, 4) is 11.1 Å². The number of primary amides is 1. The Labute approximate surface area is 194 Å². The van der Waals surface area contributed by atoms with Crippen molar-refractivity contribution in [1.82, 2.24) is 10.2 Å². The lowest BCUT2D eigenvalue weighted by atomic mass is 9.94. The van der Waals surface area contributed by atoms with Gasteiger partial charge in [-0.25, -0.2) is 0 Å². The number of nitrogens with zero attached hydrogens (tertiary/aromatic N) is 1. The molecule has 0 unspecified atom stereocenters. The van der Waals surface area contributed by atoms with E-state index in [2.05, 4.69) is 5.32 Å². The van der Waals surface area contributed by atoms with Gasteiger partial charge in [0.2, 0.25) is 17.7 Å². The molecule has 0 saturated heterocycles. The molecule has 0 aliphatic carbocycles. The molecule has 0 fully saturated rings. The molecule has 0 bridgehead atoms. The predicted octanol–water partition coefficient (Wildman–Crippen LogP) is 2.81. The van der Waals surface area contributed by atoms with E-state index < -0.39 is 23.8 Å². The molecule has 0 spiro atoms. The molecule has 3 N–H and O–H groups in total. The van der Waals surface area contributed by atoms with Crippen LogP contribution < -0.4 is 11.1 Å². The first-order valence-electron chi connectivity index (χ1n) is 10.9. The molecule has 2 atom stereocenters. The second kappa shape index (κ2) is 11.1. The maximum Gasteiger partial charge on any atom is 0.242 e. The molecule has 0 saturated carbocycles. The number of amides is 3. The van der Waals surface area contributed by atoms with Crippen LogP contribution in [0.4, 0.5) is 0 Å².